The summed E-state index contributed by atoms with van der Waals surface area (Å²) in [7, 11) is 0. The standard InChI is InChI=1S/C14H8BrNO/c15-14(17)13-9-5-1-3-7-11(9)16-12-8-4-2-6-10(12)13/h1-8H. The maximum atomic E-state index is 11.8. The molecule has 82 valence electrons. The third-order valence-electron chi connectivity index (χ3n) is 2.78. The fraction of sp³-hybridized carbons (Fsp3) is 0. The molecule has 3 rings (SSSR count). The van der Waals surface area contributed by atoms with Gasteiger partial charge in [0.2, 0.25) is 4.69 Å². The van der Waals surface area contributed by atoms with Crippen molar-refractivity contribution in [3.63, 3.8) is 0 Å². The van der Waals surface area contributed by atoms with Gasteiger partial charge in [-0.1, -0.05) is 36.4 Å². The van der Waals surface area contributed by atoms with Gasteiger partial charge in [-0.3, -0.25) is 4.79 Å². The number of carbonyl (C=O) groups is 1. The third-order valence-corrected chi connectivity index (χ3v) is 3.18. The largest absolute Gasteiger partial charge is 0.281 e. The Kier molecular flexibility index (Phi) is 2.41. The molecule has 3 aromatic rings. The van der Waals surface area contributed by atoms with Crippen molar-refractivity contribution in [2.24, 2.45) is 0 Å². The molecule has 0 radical (unpaired) electrons. The van der Waals surface area contributed by atoms with Crippen LogP contribution in [0, 0.1) is 0 Å². The number of hydrogen-bond acceptors (Lipinski definition) is 2. The lowest BCUT2D eigenvalue weighted by Crippen LogP contribution is -1.95. The second kappa shape index (κ2) is 3.93. The lowest BCUT2D eigenvalue weighted by atomic mass is 10.0. The maximum Gasteiger partial charge on any atom is 0.229 e. The van der Waals surface area contributed by atoms with E-state index < -0.39 is 0 Å². The first-order valence-electron chi connectivity index (χ1n) is 5.25. The Morgan fingerprint density at radius 3 is 1.82 bits per heavy atom. The van der Waals surface area contributed by atoms with Crippen molar-refractivity contribution in [3.8, 4) is 0 Å². The smallest absolute Gasteiger partial charge is 0.229 e. The van der Waals surface area contributed by atoms with Crippen molar-refractivity contribution >= 4 is 42.4 Å². The third kappa shape index (κ3) is 1.63. The fourth-order valence-corrected chi connectivity index (χ4v) is 2.48. The number of aromatic nitrogens is 1. The summed E-state index contributed by atoms with van der Waals surface area (Å²) in [5.74, 6) is 0. The number of hydrogen-bond donors (Lipinski definition) is 0. The first kappa shape index (κ1) is 10.4. The second-order valence-corrected chi connectivity index (χ2v) is 4.52. The minimum atomic E-state index is -0.104. The predicted molar refractivity (Wildman–Crippen MR) is 72.5 cm³/mol. The minimum Gasteiger partial charge on any atom is -0.281 e. The molecule has 0 aliphatic heterocycles. The normalized spacial score (nSPS) is 10.9. The van der Waals surface area contributed by atoms with Gasteiger partial charge in [0.15, 0.2) is 0 Å². The number of benzene rings is 2. The summed E-state index contributed by atoms with van der Waals surface area (Å²) in [6, 6.07) is 15.4. The van der Waals surface area contributed by atoms with E-state index in [9.17, 15) is 4.79 Å². The Bertz CT molecular complexity index is 682. The van der Waals surface area contributed by atoms with Crippen molar-refractivity contribution in [2.75, 3.05) is 0 Å². The van der Waals surface area contributed by atoms with Crippen LogP contribution >= 0.6 is 15.9 Å². The van der Waals surface area contributed by atoms with Crippen LogP contribution in [-0.4, -0.2) is 9.68 Å². The molecule has 0 unspecified atom stereocenters. The first-order chi connectivity index (χ1) is 8.27. The van der Waals surface area contributed by atoms with Crippen LogP contribution in [0.2, 0.25) is 0 Å². The molecule has 0 N–H and O–H groups in total. The van der Waals surface area contributed by atoms with E-state index >= 15 is 0 Å². The van der Waals surface area contributed by atoms with Gasteiger partial charge in [-0.2, -0.15) is 0 Å². The molecule has 1 heterocycles. The molecule has 0 fully saturated rings. The van der Waals surface area contributed by atoms with Crippen molar-refractivity contribution in [3.05, 3.63) is 54.1 Å². The van der Waals surface area contributed by atoms with Crippen molar-refractivity contribution in [2.45, 2.75) is 0 Å². The Hall–Kier alpha value is -1.74. The van der Waals surface area contributed by atoms with Crippen LogP contribution in [0.4, 0.5) is 0 Å². The zero-order valence-corrected chi connectivity index (χ0v) is 10.4. The highest BCUT2D eigenvalue weighted by atomic mass is 79.9. The molecule has 0 aliphatic rings. The van der Waals surface area contributed by atoms with Crippen molar-refractivity contribution < 1.29 is 4.79 Å². The van der Waals surface area contributed by atoms with Crippen LogP contribution < -0.4 is 0 Å². The van der Waals surface area contributed by atoms with Gasteiger partial charge in [0.05, 0.1) is 11.0 Å². The van der Waals surface area contributed by atoms with E-state index in [-0.39, 0.29) is 4.69 Å². The van der Waals surface area contributed by atoms with E-state index in [1.54, 1.807) is 0 Å². The van der Waals surface area contributed by atoms with Crippen LogP contribution in [0.3, 0.4) is 0 Å². The molecule has 0 amide bonds. The van der Waals surface area contributed by atoms with Crippen LogP contribution in [0.15, 0.2) is 48.5 Å². The zero-order chi connectivity index (χ0) is 11.8. The predicted octanol–water partition coefficient (Wildman–Crippen LogP) is 3.92. The highest BCUT2D eigenvalue weighted by molar-refractivity contribution is 9.18. The highest BCUT2D eigenvalue weighted by Gasteiger charge is 2.12. The first-order valence-corrected chi connectivity index (χ1v) is 6.04. The van der Waals surface area contributed by atoms with Gasteiger partial charge < -0.3 is 0 Å². The molecule has 17 heavy (non-hydrogen) atoms. The second-order valence-electron chi connectivity index (χ2n) is 3.79. The molecule has 2 aromatic carbocycles. The molecule has 0 saturated heterocycles. The molecule has 1 aromatic heterocycles. The van der Waals surface area contributed by atoms with Crippen LogP contribution in [0.5, 0.6) is 0 Å². The molecule has 0 aliphatic carbocycles. The van der Waals surface area contributed by atoms with Crippen molar-refractivity contribution in [1.82, 2.24) is 4.98 Å². The molecule has 0 saturated carbocycles. The summed E-state index contributed by atoms with van der Waals surface area (Å²) in [4.78, 5) is 16.3. The number of halogens is 1. The monoisotopic (exact) mass is 285 g/mol. The van der Waals surface area contributed by atoms with Gasteiger partial charge in [-0.25, -0.2) is 4.98 Å². The molecule has 0 spiro atoms. The Labute approximate surface area is 106 Å². The van der Waals surface area contributed by atoms with Crippen LogP contribution in [0.25, 0.3) is 21.8 Å². The SMILES string of the molecule is O=C(Br)c1c2ccccc2nc2ccccc12. The summed E-state index contributed by atoms with van der Waals surface area (Å²) in [5, 5.41) is 1.76. The van der Waals surface area contributed by atoms with E-state index in [2.05, 4.69) is 20.9 Å². The van der Waals surface area contributed by atoms with Crippen LogP contribution in [-0.2, 0) is 0 Å². The number of pyridine rings is 1. The number of rotatable bonds is 1. The highest BCUT2D eigenvalue weighted by Crippen LogP contribution is 2.27. The molecular weight excluding hydrogens is 278 g/mol. The molecule has 0 atom stereocenters. The topological polar surface area (TPSA) is 30.0 Å². The van der Waals surface area contributed by atoms with Gasteiger partial charge in [0.1, 0.15) is 0 Å². The minimum absolute atomic E-state index is 0.104. The van der Waals surface area contributed by atoms with Gasteiger partial charge >= 0.3 is 0 Å². The van der Waals surface area contributed by atoms with E-state index in [1.807, 2.05) is 48.5 Å². The Morgan fingerprint density at radius 1 is 0.882 bits per heavy atom. The van der Waals surface area contributed by atoms with Crippen molar-refractivity contribution in [1.29, 1.82) is 0 Å². The summed E-state index contributed by atoms with van der Waals surface area (Å²) in [5.41, 5.74) is 2.37. The molecule has 3 heteroatoms. The number of para-hydroxylation sites is 2. The summed E-state index contributed by atoms with van der Waals surface area (Å²) in [6.07, 6.45) is 0. The van der Waals surface area contributed by atoms with E-state index in [0.29, 0.717) is 5.56 Å². The summed E-state index contributed by atoms with van der Waals surface area (Å²) in [6.45, 7) is 0. The Morgan fingerprint density at radius 2 is 1.35 bits per heavy atom. The number of fused-ring (bicyclic) bond motifs is 2. The van der Waals surface area contributed by atoms with Gasteiger partial charge in [-0.15, -0.1) is 0 Å². The average Bonchev–Trinajstić information content (AvgIpc) is 2.35. The number of nitrogens with zero attached hydrogens (tertiary/aromatic N) is 1. The van der Waals surface area contributed by atoms with Gasteiger partial charge in [0.25, 0.3) is 0 Å². The van der Waals surface area contributed by atoms with E-state index in [0.717, 1.165) is 21.8 Å². The molecule has 2 nitrogen and oxygen atoms in total. The average molecular weight is 286 g/mol. The lowest BCUT2D eigenvalue weighted by Gasteiger charge is -2.06. The fourth-order valence-electron chi connectivity index (χ4n) is 2.05. The summed E-state index contributed by atoms with van der Waals surface area (Å²) < 4.78 is -0.104. The molecule has 0 bridgehead atoms. The maximum absolute atomic E-state index is 11.8. The van der Waals surface area contributed by atoms with E-state index in [4.69, 9.17) is 0 Å². The quantitative estimate of drug-likeness (QED) is 0.501. The van der Waals surface area contributed by atoms with Gasteiger partial charge in [0, 0.05) is 16.3 Å². The summed E-state index contributed by atoms with van der Waals surface area (Å²) >= 11 is 3.06. The zero-order valence-electron chi connectivity index (χ0n) is 8.85. The molecular formula is C14H8BrNO. The number of carbonyl (C=O) groups excluding carboxylic acids is 1. The van der Waals surface area contributed by atoms with Gasteiger partial charge in [-0.05, 0) is 28.1 Å². The van der Waals surface area contributed by atoms with Crippen LogP contribution in [0.1, 0.15) is 10.4 Å². The lowest BCUT2D eigenvalue weighted by molar-refractivity contribution is 0.109. The Balaban J connectivity index is 2.61. The van der Waals surface area contributed by atoms with E-state index in [1.165, 1.54) is 0 Å².